The van der Waals surface area contributed by atoms with E-state index in [2.05, 4.69) is 16.4 Å². The average molecular weight is 321 g/mol. The number of benzene rings is 1. The molecule has 24 heavy (non-hydrogen) atoms. The second kappa shape index (κ2) is 6.63. The van der Waals surface area contributed by atoms with Crippen molar-refractivity contribution in [2.75, 3.05) is 11.9 Å². The van der Waals surface area contributed by atoms with E-state index in [-0.39, 0.29) is 11.9 Å². The molecular formula is C20H23N3O. The van der Waals surface area contributed by atoms with Crippen molar-refractivity contribution in [2.24, 2.45) is 0 Å². The van der Waals surface area contributed by atoms with Crippen LogP contribution in [0.5, 0.6) is 0 Å². The fourth-order valence-electron chi connectivity index (χ4n) is 3.63. The van der Waals surface area contributed by atoms with Crippen molar-refractivity contribution in [3.63, 3.8) is 0 Å². The SMILES string of the molecule is O=C(c1ccccc1)N1CCCC1c1cccnc1NC1CCC1. The van der Waals surface area contributed by atoms with Crippen molar-refractivity contribution in [2.45, 2.75) is 44.2 Å². The second-order valence-electron chi connectivity index (χ2n) is 6.74. The third-order valence-corrected chi connectivity index (χ3v) is 5.18. The molecule has 1 aliphatic carbocycles. The molecule has 1 atom stereocenters. The number of hydrogen-bond donors (Lipinski definition) is 1. The summed E-state index contributed by atoms with van der Waals surface area (Å²) in [5, 5.41) is 3.57. The normalized spacial score (nSPS) is 20.7. The van der Waals surface area contributed by atoms with Crippen molar-refractivity contribution in [3.8, 4) is 0 Å². The monoisotopic (exact) mass is 321 g/mol. The van der Waals surface area contributed by atoms with Gasteiger partial charge in [0.15, 0.2) is 0 Å². The molecule has 2 aromatic rings. The number of pyridine rings is 1. The minimum absolute atomic E-state index is 0.119. The Balaban J connectivity index is 1.60. The van der Waals surface area contributed by atoms with Crippen LogP contribution in [0.4, 0.5) is 5.82 Å². The number of anilines is 1. The van der Waals surface area contributed by atoms with Crippen LogP contribution in [0.15, 0.2) is 48.7 Å². The molecule has 2 aliphatic rings. The molecule has 2 heterocycles. The largest absolute Gasteiger partial charge is 0.367 e. The summed E-state index contributed by atoms with van der Waals surface area (Å²) in [6.07, 6.45) is 7.61. The Labute approximate surface area is 142 Å². The Kier molecular flexibility index (Phi) is 4.20. The lowest BCUT2D eigenvalue weighted by atomic mass is 9.92. The first kappa shape index (κ1) is 15.2. The molecule has 1 unspecified atom stereocenters. The molecule has 1 N–H and O–H groups in total. The van der Waals surface area contributed by atoms with Gasteiger partial charge in [-0.3, -0.25) is 4.79 Å². The van der Waals surface area contributed by atoms with Gasteiger partial charge in [0.25, 0.3) is 5.91 Å². The van der Waals surface area contributed by atoms with Gasteiger partial charge in [-0.1, -0.05) is 24.3 Å². The summed E-state index contributed by atoms with van der Waals surface area (Å²) in [4.78, 5) is 19.5. The molecule has 0 spiro atoms. The molecule has 1 amide bonds. The lowest BCUT2D eigenvalue weighted by Gasteiger charge is -2.31. The quantitative estimate of drug-likeness (QED) is 0.925. The van der Waals surface area contributed by atoms with Crippen LogP contribution >= 0.6 is 0 Å². The summed E-state index contributed by atoms with van der Waals surface area (Å²) in [6, 6.07) is 14.3. The van der Waals surface area contributed by atoms with Gasteiger partial charge in [-0.25, -0.2) is 4.98 Å². The first-order valence-electron chi connectivity index (χ1n) is 8.90. The maximum Gasteiger partial charge on any atom is 0.254 e. The molecule has 4 rings (SSSR count). The number of likely N-dealkylation sites (tertiary alicyclic amines) is 1. The molecule has 1 saturated carbocycles. The number of hydrogen-bond acceptors (Lipinski definition) is 3. The van der Waals surface area contributed by atoms with Gasteiger partial charge in [0.2, 0.25) is 0 Å². The Morgan fingerprint density at radius 3 is 2.62 bits per heavy atom. The molecule has 1 aromatic heterocycles. The molecular weight excluding hydrogens is 298 g/mol. The van der Waals surface area contributed by atoms with Crippen LogP contribution in [0.1, 0.15) is 54.1 Å². The highest BCUT2D eigenvalue weighted by molar-refractivity contribution is 5.94. The first-order chi connectivity index (χ1) is 11.8. The summed E-state index contributed by atoms with van der Waals surface area (Å²) in [6.45, 7) is 0.816. The highest BCUT2D eigenvalue weighted by Gasteiger charge is 2.32. The lowest BCUT2D eigenvalue weighted by molar-refractivity contribution is 0.0736. The van der Waals surface area contributed by atoms with E-state index in [4.69, 9.17) is 0 Å². The van der Waals surface area contributed by atoms with Crippen molar-refractivity contribution >= 4 is 11.7 Å². The fourth-order valence-corrected chi connectivity index (χ4v) is 3.63. The van der Waals surface area contributed by atoms with Crippen molar-refractivity contribution < 1.29 is 4.79 Å². The van der Waals surface area contributed by atoms with E-state index < -0.39 is 0 Å². The Bertz CT molecular complexity index is 712. The summed E-state index contributed by atoms with van der Waals surface area (Å²) < 4.78 is 0. The van der Waals surface area contributed by atoms with Crippen molar-refractivity contribution in [1.29, 1.82) is 0 Å². The van der Waals surface area contributed by atoms with Gasteiger partial charge in [0.05, 0.1) is 6.04 Å². The van der Waals surface area contributed by atoms with Gasteiger partial charge in [0, 0.05) is 29.9 Å². The third-order valence-electron chi connectivity index (χ3n) is 5.18. The Morgan fingerprint density at radius 2 is 1.88 bits per heavy atom. The number of carbonyl (C=O) groups excluding carboxylic acids is 1. The standard InChI is InChI=1S/C20H23N3O/c24-20(15-7-2-1-3-8-15)23-14-6-12-18(23)17-11-5-13-21-19(17)22-16-9-4-10-16/h1-3,5,7-8,11,13,16,18H,4,6,9-10,12,14H2,(H,21,22). The predicted molar refractivity (Wildman–Crippen MR) is 95.0 cm³/mol. The van der Waals surface area contributed by atoms with E-state index in [1.54, 1.807) is 0 Å². The van der Waals surface area contributed by atoms with Crippen molar-refractivity contribution in [3.05, 3.63) is 59.8 Å². The minimum Gasteiger partial charge on any atom is -0.367 e. The molecule has 2 fully saturated rings. The zero-order valence-corrected chi connectivity index (χ0v) is 13.8. The van der Waals surface area contributed by atoms with E-state index in [1.807, 2.05) is 47.5 Å². The molecule has 0 radical (unpaired) electrons. The Morgan fingerprint density at radius 1 is 1.04 bits per heavy atom. The number of amides is 1. The lowest BCUT2D eigenvalue weighted by Crippen LogP contribution is -2.32. The molecule has 4 nitrogen and oxygen atoms in total. The highest BCUT2D eigenvalue weighted by atomic mass is 16.2. The highest BCUT2D eigenvalue weighted by Crippen LogP contribution is 2.37. The fraction of sp³-hybridized carbons (Fsp3) is 0.400. The van der Waals surface area contributed by atoms with E-state index in [1.165, 1.54) is 19.3 Å². The summed E-state index contributed by atoms with van der Waals surface area (Å²) in [5.41, 5.74) is 1.92. The maximum absolute atomic E-state index is 12.9. The molecule has 1 saturated heterocycles. The average Bonchev–Trinajstić information content (AvgIpc) is 3.08. The van der Waals surface area contributed by atoms with Crippen LogP contribution in [0, 0.1) is 0 Å². The zero-order chi connectivity index (χ0) is 16.4. The van der Waals surface area contributed by atoms with Gasteiger partial charge >= 0.3 is 0 Å². The molecule has 4 heteroatoms. The summed E-state index contributed by atoms with van der Waals surface area (Å²) in [5.74, 6) is 1.08. The van der Waals surface area contributed by atoms with Crippen LogP contribution in [0.2, 0.25) is 0 Å². The molecule has 124 valence electrons. The van der Waals surface area contributed by atoms with Crippen LogP contribution in [0.3, 0.4) is 0 Å². The van der Waals surface area contributed by atoms with Gasteiger partial charge in [-0.2, -0.15) is 0 Å². The number of nitrogens with zero attached hydrogens (tertiary/aromatic N) is 2. The number of carbonyl (C=O) groups is 1. The van der Waals surface area contributed by atoms with Crippen LogP contribution in [-0.2, 0) is 0 Å². The van der Waals surface area contributed by atoms with Crippen molar-refractivity contribution in [1.82, 2.24) is 9.88 Å². The third kappa shape index (κ3) is 2.88. The van der Waals surface area contributed by atoms with Crippen LogP contribution in [-0.4, -0.2) is 28.4 Å². The minimum atomic E-state index is 0.119. The van der Waals surface area contributed by atoms with Crippen LogP contribution < -0.4 is 5.32 Å². The van der Waals surface area contributed by atoms with Gasteiger partial charge in [0.1, 0.15) is 5.82 Å². The van der Waals surface area contributed by atoms with E-state index >= 15 is 0 Å². The van der Waals surface area contributed by atoms with Crippen LogP contribution in [0.25, 0.3) is 0 Å². The molecule has 1 aliphatic heterocycles. The molecule has 0 bridgehead atoms. The summed E-state index contributed by atoms with van der Waals surface area (Å²) in [7, 11) is 0. The van der Waals surface area contributed by atoms with Gasteiger partial charge in [-0.05, 0) is 50.3 Å². The molecule has 1 aromatic carbocycles. The van der Waals surface area contributed by atoms with E-state index in [0.717, 1.165) is 36.3 Å². The number of nitrogens with one attached hydrogen (secondary N) is 1. The second-order valence-corrected chi connectivity index (χ2v) is 6.74. The van der Waals surface area contributed by atoms with E-state index in [9.17, 15) is 4.79 Å². The zero-order valence-electron chi connectivity index (χ0n) is 13.8. The maximum atomic E-state index is 12.9. The van der Waals surface area contributed by atoms with Gasteiger partial charge in [-0.15, -0.1) is 0 Å². The number of aromatic nitrogens is 1. The smallest absolute Gasteiger partial charge is 0.254 e. The Hall–Kier alpha value is -2.36. The first-order valence-corrected chi connectivity index (χ1v) is 8.90. The summed E-state index contributed by atoms with van der Waals surface area (Å²) >= 11 is 0. The number of rotatable bonds is 4. The van der Waals surface area contributed by atoms with E-state index in [0.29, 0.717) is 6.04 Å². The van der Waals surface area contributed by atoms with Gasteiger partial charge < -0.3 is 10.2 Å². The topological polar surface area (TPSA) is 45.2 Å². The predicted octanol–water partition coefficient (Wildman–Crippen LogP) is 4.02.